The van der Waals surface area contributed by atoms with Gasteiger partial charge in [-0.1, -0.05) is 0 Å². The quantitative estimate of drug-likeness (QED) is 0.698. The topological polar surface area (TPSA) is 55.8 Å². The zero-order valence-corrected chi connectivity index (χ0v) is 9.36. The molecule has 1 unspecified atom stereocenters. The Balaban J connectivity index is 2.37. The van der Waals surface area contributed by atoms with Crippen molar-refractivity contribution in [2.24, 2.45) is 0 Å². The standard InChI is InChI=1S/C10H17NO4/c1-7(2)14-8(3)10(13)15-11-6-4-5-9(11)12/h7-8H,4-6H2,1-3H3. The van der Waals surface area contributed by atoms with Crippen molar-refractivity contribution >= 4 is 11.9 Å². The molecule has 0 aliphatic carbocycles. The molecule has 0 aromatic heterocycles. The lowest BCUT2D eigenvalue weighted by atomic mass is 10.4. The van der Waals surface area contributed by atoms with Gasteiger partial charge in [0.25, 0.3) is 5.91 Å². The predicted molar refractivity (Wildman–Crippen MR) is 52.7 cm³/mol. The van der Waals surface area contributed by atoms with Crippen LogP contribution in [0.5, 0.6) is 0 Å². The van der Waals surface area contributed by atoms with Gasteiger partial charge in [0.15, 0.2) is 6.10 Å². The first-order chi connectivity index (χ1) is 7.00. The minimum atomic E-state index is -0.640. The summed E-state index contributed by atoms with van der Waals surface area (Å²) in [5, 5.41) is 1.11. The maximum absolute atomic E-state index is 11.4. The minimum absolute atomic E-state index is 0.0400. The molecule has 0 aromatic carbocycles. The summed E-state index contributed by atoms with van der Waals surface area (Å²) in [5.74, 6) is -0.654. The van der Waals surface area contributed by atoms with E-state index in [0.717, 1.165) is 11.5 Å². The Morgan fingerprint density at radius 1 is 1.40 bits per heavy atom. The SMILES string of the molecule is CC(C)OC(C)C(=O)ON1CCCC1=O. The maximum Gasteiger partial charge on any atom is 0.360 e. The molecule has 0 saturated carbocycles. The first-order valence-electron chi connectivity index (χ1n) is 5.18. The Hall–Kier alpha value is -1.10. The minimum Gasteiger partial charge on any atom is -0.364 e. The molecule has 1 heterocycles. The van der Waals surface area contributed by atoms with E-state index in [-0.39, 0.29) is 12.0 Å². The molecule has 1 aliphatic heterocycles. The number of amides is 1. The van der Waals surface area contributed by atoms with E-state index in [9.17, 15) is 9.59 Å². The molecule has 5 nitrogen and oxygen atoms in total. The van der Waals surface area contributed by atoms with Crippen LogP contribution in [0.4, 0.5) is 0 Å². The predicted octanol–water partition coefficient (Wildman–Crippen LogP) is 0.881. The van der Waals surface area contributed by atoms with Gasteiger partial charge >= 0.3 is 5.97 Å². The third-order valence-corrected chi connectivity index (χ3v) is 2.04. The van der Waals surface area contributed by atoms with Crippen LogP contribution in [-0.4, -0.2) is 35.7 Å². The first kappa shape index (κ1) is 12.0. The summed E-state index contributed by atoms with van der Waals surface area (Å²) in [7, 11) is 0. The Kier molecular flexibility index (Phi) is 4.08. The van der Waals surface area contributed by atoms with E-state index in [1.54, 1.807) is 6.92 Å². The average Bonchev–Trinajstić information content (AvgIpc) is 2.50. The van der Waals surface area contributed by atoms with E-state index in [2.05, 4.69) is 0 Å². The van der Waals surface area contributed by atoms with Gasteiger partial charge in [0.2, 0.25) is 0 Å². The van der Waals surface area contributed by atoms with Gasteiger partial charge in [-0.25, -0.2) is 4.79 Å². The zero-order valence-electron chi connectivity index (χ0n) is 9.36. The van der Waals surface area contributed by atoms with Crippen molar-refractivity contribution in [3.05, 3.63) is 0 Å². The van der Waals surface area contributed by atoms with Crippen LogP contribution in [0.25, 0.3) is 0 Å². The van der Waals surface area contributed by atoms with Crippen LogP contribution in [-0.2, 0) is 19.2 Å². The monoisotopic (exact) mass is 215 g/mol. The Morgan fingerprint density at radius 3 is 2.53 bits per heavy atom. The van der Waals surface area contributed by atoms with Gasteiger partial charge in [-0.05, 0) is 27.2 Å². The van der Waals surface area contributed by atoms with Crippen molar-refractivity contribution in [2.75, 3.05) is 6.54 Å². The molecule has 0 aromatic rings. The van der Waals surface area contributed by atoms with Crippen molar-refractivity contribution in [1.82, 2.24) is 5.06 Å². The number of hydroxylamine groups is 2. The highest BCUT2D eigenvalue weighted by molar-refractivity contribution is 5.80. The Morgan fingerprint density at radius 2 is 2.07 bits per heavy atom. The molecular formula is C10H17NO4. The van der Waals surface area contributed by atoms with Crippen molar-refractivity contribution in [2.45, 2.75) is 45.8 Å². The van der Waals surface area contributed by atoms with Crippen LogP contribution in [0.3, 0.4) is 0 Å². The number of ether oxygens (including phenoxy) is 1. The van der Waals surface area contributed by atoms with Gasteiger partial charge in [-0.15, -0.1) is 0 Å². The van der Waals surface area contributed by atoms with Gasteiger partial charge in [0.1, 0.15) is 0 Å². The molecule has 1 saturated heterocycles. The molecule has 0 N–H and O–H groups in total. The van der Waals surface area contributed by atoms with Crippen LogP contribution in [0, 0.1) is 0 Å². The Bertz CT molecular complexity index is 252. The normalized spacial score (nSPS) is 18.4. The summed E-state index contributed by atoms with van der Waals surface area (Å²) in [5.41, 5.74) is 0. The molecule has 1 fully saturated rings. The maximum atomic E-state index is 11.4. The molecule has 0 spiro atoms. The van der Waals surface area contributed by atoms with Gasteiger partial charge in [-0.3, -0.25) is 4.79 Å². The lowest BCUT2D eigenvalue weighted by molar-refractivity contribution is -0.203. The molecule has 1 aliphatic rings. The fraction of sp³-hybridized carbons (Fsp3) is 0.800. The number of rotatable bonds is 4. The lowest BCUT2D eigenvalue weighted by Gasteiger charge is -2.19. The third-order valence-electron chi connectivity index (χ3n) is 2.04. The van der Waals surface area contributed by atoms with E-state index in [1.807, 2.05) is 13.8 Å². The van der Waals surface area contributed by atoms with Crippen LogP contribution in [0.2, 0.25) is 0 Å². The molecule has 0 radical (unpaired) electrons. The molecular weight excluding hydrogens is 198 g/mol. The average molecular weight is 215 g/mol. The molecule has 5 heteroatoms. The fourth-order valence-electron chi connectivity index (χ4n) is 1.37. The summed E-state index contributed by atoms with van der Waals surface area (Å²) >= 11 is 0. The van der Waals surface area contributed by atoms with Crippen molar-refractivity contribution < 1.29 is 19.2 Å². The second-order valence-corrected chi connectivity index (χ2v) is 3.84. The van der Waals surface area contributed by atoms with Crippen molar-refractivity contribution in [1.29, 1.82) is 0 Å². The molecule has 1 atom stereocenters. The van der Waals surface area contributed by atoms with E-state index < -0.39 is 12.1 Å². The number of carbonyl (C=O) groups is 2. The molecule has 0 bridgehead atoms. The fourth-order valence-corrected chi connectivity index (χ4v) is 1.37. The van der Waals surface area contributed by atoms with E-state index >= 15 is 0 Å². The summed E-state index contributed by atoms with van der Waals surface area (Å²) in [6.45, 7) is 5.78. The highest BCUT2D eigenvalue weighted by Crippen LogP contribution is 2.11. The molecule has 86 valence electrons. The first-order valence-corrected chi connectivity index (χ1v) is 5.18. The Labute approximate surface area is 89.3 Å². The highest BCUT2D eigenvalue weighted by Gasteiger charge is 2.27. The largest absolute Gasteiger partial charge is 0.364 e. The second kappa shape index (κ2) is 5.11. The van der Waals surface area contributed by atoms with Gasteiger partial charge in [0.05, 0.1) is 12.6 Å². The van der Waals surface area contributed by atoms with Crippen molar-refractivity contribution in [3.8, 4) is 0 Å². The number of nitrogens with zero attached hydrogens (tertiary/aromatic N) is 1. The zero-order chi connectivity index (χ0) is 11.4. The van der Waals surface area contributed by atoms with E-state index in [1.165, 1.54) is 0 Å². The summed E-state index contributed by atoms with van der Waals surface area (Å²) in [6.07, 6.45) is 0.512. The third kappa shape index (κ3) is 3.51. The number of carbonyl (C=O) groups excluding carboxylic acids is 2. The molecule has 1 rings (SSSR count). The van der Waals surface area contributed by atoms with E-state index in [4.69, 9.17) is 9.57 Å². The number of hydrogen-bond acceptors (Lipinski definition) is 4. The van der Waals surface area contributed by atoms with Crippen LogP contribution >= 0.6 is 0 Å². The van der Waals surface area contributed by atoms with Gasteiger partial charge in [-0.2, -0.15) is 5.06 Å². The van der Waals surface area contributed by atoms with Gasteiger partial charge < -0.3 is 9.57 Å². The lowest BCUT2D eigenvalue weighted by Crippen LogP contribution is -2.34. The smallest absolute Gasteiger partial charge is 0.360 e. The second-order valence-electron chi connectivity index (χ2n) is 3.84. The van der Waals surface area contributed by atoms with Crippen molar-refractivity contribution in [3.63, 3.8) is 0 Å². The summed E-state index contributed by atoms with van der Waals surface area (Å²) in [4.78, 5) is 27.5. The van der Waals surface area contributed by atoms with Crippen LogP contribution < -0.4 is 0 Å². The highest BCUT2D eigenvalue weighted by atomic mass is 16.7. The van der Waals surface area contributed by atoms with Crippen LogP contribution in [0.15, 0.2) is 0 Å². The molecule has 1 amide bonds. The summed E-state index contributed by atoms with van der Waals surface area (Å²) < 4.78 is 5.24. The number of hydrogen-bond donors (Lipinski definition) is 0. The van der Waals surface area contributed by atoms with Crippen LogP contribution in [0.1, 0.15) is 33.6 Å². The van der Waals surface area contributed by atoms with Gasteiger partial charge in [0, 0.05) is 6.42 Å². The molecule has 15 heavy (non-hydrogen) atoms. The summed E-state index contributed by atoms with van der Waals surface area (Å²) in [6, 6.07) is 0. The van der Waals surface area contributed by atoms with E-state index in [0.29, 0.717) is 13.0 Å².